The maximum atomic E-state index is 9.79. The smallest absolute Gasteiger partial charge is 0.232 e. The SMILES string of the molecule is CCC(O)C(C)c1nc(CSC2CCCCC2)no1. The average molecular weight is 284 g/mol. The van der Waals surface area contributed by atoms with Crippen LogP contribution < -0.4 is 0 Å². The molecule has 1 aliphatic carbocycles. The van der Waals surface area contributed by atoms with Gasteiger partial charge in [-0.15, -0.1) is 0 Å². The van der Waals surface area contributed by atoms with Gasteiger partial charge >= 0.3 is 0 Å². The maximum absolute atomic E-state index is 9.79. The van der Waals surface area contributed by atoms with E-state index < -0.39 is 6.10 Å². The van der Waals surface area contributed by atoms with Crippen molar-refractivity contribution in [2.75, 3.05) is 0 Å². The van der Waals surface area contributed by atoms with Crippen molar-refractivity contribution >= 4 is 11.8 Å². The monoisotopic (exact) mass is 284 g/mol. The Morgan fingerprint density at radius 2 is 2.11 bits per heavy atom. The van der Waals surface area contributed by atoms with Crippen LogP contribution in [0.15, 0.2) is 4.52 Å². The third kappa shape index (κ3) is 4.21. The Hall–Kier alpha value is -0.550. The van der Waals surface area contributed by atoms with Crippen LogP contribution in [0.3, 0.4) is 0 Å². The number of nitrogens with zero attached hydrogens (tertiary/aromatic N) is 2. The van der Waals surface area contributed by atoms with E-state index >= 15 is 0 Å². The molecule has 0 amide bonds. The molecule has 2 atom stereocenters. The van der Waals surface area contributed by atoms with Crippen molar-refractivity contribution in [3.8, 4) is 0 Å². The lowest BCUT2D eigenvalue weighted by molar-refractivity contribution is 0.129. The molecule has 2 rings (SSSR count). The fourth-order valence-electron chi connectivity index (χ4n) is 2.45. The average Bonchev–Trinajstić information content (AvgIpc) is 2.93. The van der Waals surface area contributed by atoms with Crippen LogP contribution in [0.5, 0.6) is 0 Å². The van der Waals surface area contributed by atoms with Crippen molar-refractivity contribution in [3.63, 3.8) is 0 Å². The van der Waals surface area contributed by atoms with Gasteiger partial charge in [-0.25, -0.2) is 0 Å². The van der Waals surface area contributed by atoms with Crippen molar-refractivity contribution in [2.45, 2.75) is 75.4 Å². The highest BCUT2D eigenvalue weighted by molar-refractivity contribution is 7.99. The van der Waals surface area contributed by atoms with Crippen LogP contribution in [-0.4, -0.2) is 26.6 Å². The number of rotatable bonds is 6. The Balaban J connectivity index is 1.83. The quantitative estimate of drug-likeness (QED) is 0.866. The third-order valence-corrected chi connectivity index (χ3v) is 5.24. The highest BCUT2D eigenvalue weighted by Crippen LogP contribution is 2.30. The van der Waals surface area contributed by atoms with Gasteiger partial charge in [-0.05, 0) is 19.3 Å². The first-order chi connectivity index (χ1) is 9.20. The highest BCUT2D eigenvalue weighted by atomic mass is 32.2. The summed E-state index contributed by atoms with van der Waals surface area (Å²) in [5.74, 6) is 2.07. The molecule has 0 spiro atoms. The molecule has 1 saturated carbocycles. The predicted octanol–water partition coefficient (Wildman–Crippen LogP) is 3.51. The molecule has 1 aromatic heterocycles. The lowest BCUT2D eigenvalue weighted by Crippen LogP contribution is -2.14. The lowest BCUT2D eigenvalue weighted by Gasteiger charge is -2.20. The van der Waals surface area contributed by atoms with E-state index in [2.05, 4.69) is 10.1 Å². The standard InChI is InChI=1S/C14H24N2O2S/c1-3-12(17)10(2)14-15-13(16-18-14)9-19-11-7-5-4-6-8-11/h10-12,17H,3-9H2,1-2H3. The summed E-state index contributed by atoms with van der Waals surface area (Å²) in [5, 5.41) is 14.6. The molecule has 0 saturated heterocycles. The zero-order valence-electron chi connectivity index (χ0n) is 11.8. The summed E-state index contributed by atoms with van der Waals surface area (Å²) in [7, 11) is 0. The molecule has 2 unspecified atom stereocenters. The maximum Gasteiger partial charge on any atom is 0.232 e. The van der Waals surface area contributed by atoms with Crippen molar-refractivity contribution in [1.82, 2.24) is 10.1 Å². The van der Waals surface area contributed by atoms with E-state index in [1.54, 1.807) is 0 Å². The van der Waals surface area contributed by atoms with Gasteiger partial charge in [-0.3, -0.25) is 0 Å². The van der Waals surface area contributed by atoms with Crippen LogP contribution in [0.4, 0.5) is 0 Å². The Morgan fingerprint density at radius 1 is 1.37 bits per heavy atom. The summed E-state index contributed by atoms with van der Waals surface area (Å²) in [5.41, 5.74) is 0. The second kappa shape index (κ2) is 7.29. The van der Waals surface area contributed by atoms with Gasteiger partial charge in [-0.2, -0.15) is 16.7 Å². The van der Waals surface area contributed by atoms with E-state index in [0.29, 0.717) is 12.3 Å². The lowest BCUT2D eigenvalue weighted by atomic mass is 10.0. The van der Waals surface area contributed by atoms with E-state index in [9.17, 15) is 5.11 Å². The fourth-order valence-corrected chi connectivity index (χ4v) is 3.62. The van der Waals surface area contributed by atoms with Crippen LogP contribution in [0.25, 0.3) is 0 Å². The van der Waals surface area contributed by atoms with Crippen molar-refractivity contribution in [2.24, 2.45) is 0 Å². The predicted molar refractivity (Wildman–Crippen MR) is 77.2 cm³/mol. The van der Waals surface area contributed by atoms with E-state index in [1.165, 1.54) is 32.1 Å². The number of aliphatic hydroxyl groups excluding tert-OH is 1. The van der Waals surface area contributed by atoms with Gasteiger partial charge in [0.2, 0.25) is 5.89 Å². The number of aromatic nitrogens is 2. The van der Waals surface area contributed by atoms with Crippen molar-refractivity contribution in [3.05, 3.63) is 11.7 Å². The first kappa shape index (κ1) is 14.9. The van der Waals surface area contributed by atoms with Gasteiger partial charge in [0.25, 0.3) is 0 Å². The van der Waals surface area contributed by atoms with Crippen LogP contribution in [0.1, 0.15) is 70.0 Å². The molecule has 4 nitrogen and oxygen atoms in total. The molecule has 0 bridgehead atoms. The van der Waals surface area contributed by atoms with E-state index in [-0.39, 0.29) is 5.92 Å². The Kier molecular flexibility index (Phi) is 5.70. The molecule has 108 valence electrons. The van der Waals surface area contributed by atoms with E-state index in [4.69, 9.17) is 4.52 Å². The summed E-state index contributed by atoms with van der Waals surface area (Å²) >= 11 is 1.94. The Morgan fingerprint density at radius 3 is 2.79 bits per heavy atom. The number of hydrogen-bond acceptors (Lipinski definition) is 5. The van der Waals surface area contributed by atoms with Gasteiger partial charge < -0.3 is 9.63 Å². The van der Waals surface area contributed by atoms with Crippen LogP contribution in [0.2, 0.25) is 0 Å². The molecule has 1 fully saturated rings. The molecular formula is C14H24N2O2S. The minimum Gasteiger partial charge on any atom is -0.392 e. The normalized spacial score (nSPS) is 20.4. The van der Waals surface area contributed by atoms with Crippen LogP contribution >= 0.6 is 11.8 Å². The van der Waals surface area contributed by atoms with Gasteiger partial charge in [0.1, 0.15) is 0 Å². The molecule has 0 radical (unpaired) electrons. The summed E-state index contributed by atoms with van der Waals surface area (Å²) in [6.07, 6.45) is 7.04. The van der Waals surface area contributed by atoms with Crippen LogP contribution in [-0.2, 0) is 5.75 Å². The second-order valence-corrected chi connectivity index (χ2v) is 6.67. The molecule has 0 aromatic carbocycles. The molecular weight excluding hydrogens is 260 g/mol. The first-order valence-electron chi connectivity index (χ1n) is 7.32. The summed E-state index contributed by atoms with van der Waals surface area (Å²) < 4.78 is 5.25. The highest BCUT2D eigenvalue weighted by Gasteiger charge is 2.21. The minimum atomic E-state index is -0.403. The van der Waals surface area contributed by atoms with Crippen molar-refractivity contribution in [1.29, 1.82) is 0 Å². The number of hydrogen-bond donors (Lipinski definition) is 1. The molecule has 19 heavy (non-hydrogen) atoms. The summed E-state index contributed by atoms with van der Waals surface area (Å²) in [6.45, 7) is 3.89. The zero-order chi connectivity index (χ0) is 13.7. The fraction of sp³-hybridized carbons (Fsp3) is 0.857. The molecule has 1 heterocycles. The zero-order valence-corrected chi connectivity index (χ0v) is 12.7. The number of thioether (sulfide) groups is 1. The van der Waals surface area contributed by atoms with E-state index in [0.717, 1.165) is 16.8 Å². The van der Waals surface area contributed by atoms with E-state index in [1.807, 2.05) is 25.6 Å². The van der Waals surface area contributed by atoms with Crippen LogP contribution in [0, 0.1) is 0 Å². The van der Waals surface area contributed by atoms with Crippen molar-refractivity contribution < 1.29 is 9.63 Å². The molecule has 1 aromatic rings. The topological polar surface area (TPSA) is 59.2 Å². The summed E-state index contributed by atoms with van der Waals surface area (Å²) in [4.78, 5) is 4.40. The molecule has 1 N–H and O–H groups in total. The second-order valence-electron chi connectivity index (χ2n) is 5.38. The largest absolute Gasteiger partial charge is 0.392 e. The van der Waals surface area contributed by atoms with Gasteiger partial charge in [0.05, 0.1) is 17.8 Å². The van der Waals surface area contributed by atoms with Gasteiger partial charge in [0.15, 0.2) is 5.82 Å². The summed E-state index contributed by atoms with van der Waals surface area (Å²) in [6, 6.07) is 0. The molecule has 1 aliphatic rings. The van der Waals surface area contributed by atoms with Gasteiger partial charge in [0, 0.05) is 5.25 Å². The number of aliphatic hydroxyl groups is 1. The minimum absolute atomic E-state index is 0.0778. The molecule has 5 heteroatoms. The Bertz CT molecular complexity index is 377. The third-order valence-electron chi connectivity index (χ3n) is 3.87. The molecule has 0 aliphatic heterocycles. The Labute approximate surface area is 119 Å². The van der Waals surface area contributed by atoms with Gasteiger partial charge in [-0.1, -0.05) is 38.3 Å². The first-order valence-corrected chi connectivity index (χ1v) is 8.37.